The number of hydrogen-bond donors (Lipinski definition) is 3. The van der Waals surface area contributed by atoms with Crippen molar-refractivity contribution in [2.24, 2.45) is 0 Å². The Morgan fingerprint density at radius 3 is 1.95 bits per heavy atom. The zero-order chi connectivity index (χ0) is 16.8. The number of ether oxygens (including phenoxy) is 1. The first-order valence-electron chi connectivity index (χ1n) is 6.48. The van der Waals surface area contributed by atoms with E-state index in [1.165, 1.54) is 0 Å². The number of carboxylic acid groups (broad SMARTS) is 1. The Labute approximate surface area is 128 Å². The summed E-state index contributed by atoms with van der Waals surface area (Å²) in [6.07, 6.45) is 1.08. The fraction of sp³-hybridized carbons (Fsp3) is 0.267. The Bertz CT molecular complexity index is 585. The van der Waals surface area contributed by atoms with Crippen LogP contribution in [0.4, 0.5) is 16.2 Å². The third kappa shape index (κ3) is 7.09. The van der Waals surface area contributed by atoms with Crippen LogP contribution in [0.1, 0.15) is 20.8 Å². The van der Waals surface area contributed by atoms with Crippen molar-refractivity contribution in [2.45, 2.75) is 26.4 Å². The van der Waals surface area contributed by atoms with Gasteiger partial charge in [0.2, 0.25) is 5.91 Å². The third-order valence-corrected chi connectivity index (χ3v) is 2.18. The molecule has 7 nitrogen and oxygen atoms in total. The maximum Gasteiger partial charge on any atom is 0.412 e. The molecular weight excluding hydrogens is 288 g/mol. The summed E-state index contributed by atoms with van der Waals surface area (Å²) in [5.74, 6) is -1.76. The average Bonchev–Trinajstić information content (AvgIpc) is 2.36. The number of nitrogens with one attached hydrogen (secondary N) is 2. The molecule has 0 fully saturated rings. The number of amides is 2. The predicted molar refractivity (Wildman–Crippen MR) is 81.7 cm³/mol. The van der Waals surface area contributed by atoms with Crippen molar-refractivity contribution in [1.29, 1.82) is 0 Å². The van der Waals surface area contributed by atoms with Crippen molar-refractivity contribution in [3.8, 4) is 0 Å². The van der Waals surface area contributed by atoms with Gasteiger partial charge >= 0.3 is 12.1 Å². The zero-order valence-electron chi connectivity index (χ0n) is 12.5. The Hall–Kier alpha value is -2.83. The first-order valence-corrected chi connectivity index (χ1v) is 6.48. The van der Waals surface area contributed by atoms with Gasteiger partial charge in [-0.2, -0.15) is 0 Å². The van der Waals surface area contributed by atoms with Gasteiger partial charge in [0.1, 0.15) is 5.60 Å². The summed E-state index contributed by atoms with van der Waals surface area (Å²) in [5.41, 5.74) is 0.386. The van der Waals surface area contributed by atoms with Gasteiger partial charge in [0.25, 0.3) is 0 Å². The molecule has 1 aromatic carbocycles. The van der Waals surface area contributed by atoms with Gasteiger partial charge in [0.05, 0.1) is 0 Å². The van der Waals surface area contributed by atoms with Crippen molar-refractivity contribution in [1.82, 2.24) is 0 Å². The van der Waals surface area contributed by atoms with Crippen LogP contribution in [0.25, 0.3) is 0 Å². The fourth-order valence-electron chi connectivity index (χ4n) is 1.39. The largest absolute Gasteiger partial charge is 0.478 e. The normalized spacial score (nSPS) is 11.0. The van der Waals surface area contributed by atoms with E-state index in [9.17, 15) is 14.4 Å². The van der Waals surface area contributed by atoms with Gasteiger partial charge in [-0.1, -0.05) is 0 Å². The number of anilines is 2. The summed E-state index contributed by atoms with van der Waals surface area (Å²) >= 11 is 0. The molecule has 0 spiro atoms. The molecule has 1 rings (SSSR count). The molecule has 0 aromatic heterocycles. The number of benzene rings is 1. The molecular formula is C15H18N2O5. The van der Waals surface area contributed by atoms with Gasteiger partial charge < -0.3 is 15.2 Å². The molecule has 1 aromatic rings. The maximum absolute atomic E-state index is 11.6. The van der Waals surface area contributed by atoms with Crippen LogP contribution < -0.4 is 10.6 Å². The van der Waals surface area contributed by atoms with Crippen molar-refractivity contribution in [3.63, 3.8) is 0 Å². The van der Waals surface area contributed by atoms with Crippen molar-refractivity contribution in [3.05, 3.63) is 36.4 Å². The van der Waals surface area contributed by atoms with Crippen molar-refractivity contribution < 1.29 is 24.2 Å². The molecule has 118 valence electrons. The average molecular weight is 306 g/mol. The Morgan fingerprint density at radius 1 is 1.00 bits per heavy atom. The topological polar surface area (TPSA) is 105 Å². The van der Waals surface area contributed by atoms with Crippen LogP contribution in [0.2, 0.25) is 0 Å². The zero-order valence-corrected chi connectivity index (χ0v) is 12.5. The molecule has 0 aliphatic rings. The lowest BCUT2D eigenvalue weighted by atomic mass is 10.2. The maximum atomic E-state index is 11.6. The molecule has 0 saturated heterocycles. The van der Waals surface area contributed by atoms with Gasteiger partial charge in [-0.15, -0.1) is 0 Å². The minimum Gasteiger partial charge on any atom is -0.478 e. The molecule has 0 atom stereocenters. The molecule has 3 N–H and O–H groups in total. The van der Waals surface area contributed by atoms with Crippen LogP contribution in [0.5, 0.6) is 0 Å². The lowest BCUT2D eigenvalue weighted by Gasteiger charge is -2.19. The number of hydrogen-bond acceptors (Lipinski definition) is 4. The molecule has 0 aliphatic carbocycles. The first-order chi connectivity index (χ1) is 10.2. The summed E-state index contributed by atoms with van der Waals surface area (Å²) in [6, 6.07) is 6.30. The van der Waals surface area contributed by atoms with E-state index in [1.54, 1.807) is 45.0 Å². The number of carbonyl (C=O) groups is 3. The Morgan fingerprint density at radius 2 is 1.50 bits per heavy atom. The van der Waals surface area contributed by atoms with E-state index in [0.717, 1.165) is 12.2 Å². The van der Waals surface area contributed by atoms with Crippen LogP contribution in [0.3, 0.4) is 0 Å². The highest BCUT2D eigenvalue weighted by Crippen LogP contribution is 2.15. The number of aliphatic carboxylic acids is 1. The van der Waals surface area contributed by atoms with Crippen LogP contribution in [0.15, 0.2) is 36.4 Å². The minimum atomic E-state index is -1.20. The lowest BCUT2D eigenvalue weighted by molar-refractivity contribution is -0.131. The first kappa shape index (κ1) is 17.2. The van der Waals surface area contributed by atoms with Crippen molar-refractivity contribution in [2.75, 3.05) is 10.6 Å². The van der Waals surface area contributed by atoms with Gasteiger partial charge in [-0.3, -0.25) is 10.1 Å². The number of carbonyl (C=O) groups excluding carboxylic acids is 2. The van der Waals surface area contributed by atoms with E-state index in [1.807, 2.05) is 0 Å². The Balaban J connectivity index is 2.58. The summed E-state index contributed by atoms with van der Waals surface area (Å²) in [5, 5.41) is 13.4. The van der Waals surface area contributed by atoms with Gasteiger partial charge in [0.15, 0.2) is 0 Å². The molecule has 0 radical (unpaired) electrons. The Kier molecular flexibility index (Phi) is 5.68. The molecule has 0 aliphatic heterocycles. The van der Waals surface area contributed by atoms with Crippen LogP contribution in [-0.4, -0.2) is 28.7 Å². The summed E-state index contributed by atoms with van der Waals surface area (Å²) in [4.78, 5) is 33.2. The van der Waals surface area contributed by atoms with E-state index >= 15 is 0 Å². The molecule has 0 heterocycles. The smallest absolute Gasteiger partial charge is 0.412 e. The number of carboxylic acids is 1. The molecule has 7 heteroatoms. The van der Waals surface area contributed by atoms with Crippen molar-refractivity contribution >= 4 is 29.3 Å². The summed E-state index contributed by atoms with van der Waals surface area (Å²) in [6.45, 7) is 5.28. The standard InChI is InChI=1S/C15H18N2O5/c1-15(2,3)22-14(21)17-11-6-4-10(5-7-11)16-12(18)8-9-13(19)20/h4-9H,1-3H3,(H,16,18)(H,17,21)(H,19,20)/b9-8+. The summed E-state index contributed by atoms with van der Waals surface area (Å²) in [7, 11) is 0. The highest BCUT2D eigenvalue weighted by Gasteiger charge is 2.16. The second-order valence-corrected chi connectivity index (χ2v) is 5.37. The molecule has 2 amide bonds. The SMILES string of the molecule is CC(C)(C)OC(=O)Nc1ccc(NC(=O)/C=C/C(=O)O)cc1. The fourth-order valence-corrected chi connectivity index (χ4v) is 1.39. The second-order valence-electron chi connectivity index (χ2n) is 5.37. The van der Waals surface area contributed by atoms with Crippen LogP contribution in [0, 0.1) is 0 Å². The van der Waals surface area contributed by atoms with E-state index in [2.05, 4.69) is 10.6 Å². The summed E-state index contributed by atoms with van der Waals surface area (Å²) < 4.78 is 5.11. The number of rotatable bonds is 4. The van der Waals surface area contributed by atoms with E-state index in [0.29, 0.717) is 11.4 Å². The van der Waals surface area contributed by atoms with Crippen LogP contribution in [-0.2, 0) is 14.3 Å². The predicted octanol–water partition coefficient (Wildman–Crippen LogP) is 2.61. The van der Waals surface area contributed by atoms with E-state index < -0.39 is 23.6 Å². The monoisotopic (exact) mass is 306 g/mol. The van der Waals surface area contributed by atoms with E-state index in [4.69, 9.17) is 9.84 Å². The highest BCUT2D eigenvalue weighted by molar-refractivity contribution is 6.02. The molecule has 0 saturated carbocycles. The lowest BCUT2D eigenvalue weighted by Crippen LogP contribution is -2.27. The van der Waals surface area contributed by atoms with E-state index in [-0.39, 0.29) is 0 Å². The third-order valence-electron chi connectivity index (χ3n) is 2.18. The van der Waals surface area contributed by atoms with Gasteiger partial charge in [-0.25, -0.2) is 9.59 Å². The van der Waals surface area contributed by atoms with Gasteiger partial charge in [-0.05, 0) is 45.0 Å². The molecule has 0 bridgehead atoms. The molecule has 0 unspecified atom stereocenters. The quantitative estimate of drug-likeness (QED) is 0.742. The highest BCUT2D eigenvalue weighted by atomic mass is 16.6. The molecule has 22 heavy (non-hydrogen) atoms. The second kappa shape index (κ2) is 7.26. The minimum absolute atomic E-state index is 0.467. The van der Waals surface area contributed by atoms with Gasteiger partial charge in [0, 0.05) is 23.5 Å². The van der Waals surface area contributed by atoms with Crippen LogP contribution >= 0.6 is 0 Å².